The molecule has 0 atom stereocenters. The lowest BCUT2D eigenvalue weighted by Gasteiger charge is -2.41. The number of anilines is 1. The topological polar surface area (TPSA) is 55.2 Å². The molecule has 118 valence electrons. The largest absolute Gasteiger partial charge is 0.367 e. The summed E-state index contributed by atoms with van der Waals surface area (Å²) in [5.41, 5.74) is 0.614. The standard InChI is InChI=1S/C17H25N5/c1-21-8-6-16(7-9-21)22-10-4-15(5-11-22)20-17-3-2-14(12-18)13-19-17/h2-3,13,15-16H,4-11H2,1H3,(H,19,20). The number of aromatic nitrogens is 1. The van der Waals surface area contributed by atoms with Crippen LogP contribution in [0.2, 0.25) is 0 Å². The van der Waals surface area contributed by atoms with Gasteiger partial charge < -0.3 is 15.1 Å². The van der Waals surface area contributed by atoms with Gasteiger partial charge in [0.2, 0.25) is 0 Å². The van der Waals surface area contributed by atoms with Crippen LogP contribution < -0.4 is 5.32 Å². The maximum absolute atomic E-state index is 8.80. The maximum atomic E-state index is 8.80. The van der Waals surface area contributed by atoms with Crippen LogP contribution in [0.3, 0.4) is 0 Å². The highest BCUT2D eigenvalue weighted by atomic mass is 15.2. The third-order valence-corrected chi connectivity index (χ3v) is 4.98. The molecular formula is C17H25N5. The quantitative estimate of drug-likeness (QED) is 0.924. The van der Waals surface area contributed by atoms with E-state index in [0.717, 1.165) is 11.9 Å². The molecule has 2 fully saturated rings. The van der Waals surface area contributed by atoms with Crippen molar-refractivity contribution >= 4 is 5.82 Å². The van der Waals surface area contributed by atoms with Crippen molar-refractivity contribution in [1.82, 2.24) is 14.8 Å². The van der Waals surface area contributed by atoms with Gasteiger partial charge in [0.15, 0.2) is 0 Å². The van der Waals surface area contributed by atoms with Crippen LogP contribution in [-0.2, 0) is 0 Å². The first kappa shape index (κ1) is 15.3. The fourth-order valence-electron chi connectivity index (χ4n) is 3.52. The van der Waals surface area contributed by atoms with Gasteiger partial charge in [0.1, 0.15) is 11.9 Å². The summed E-state index contributed by atoms with van der Waals surface area (Å²) in [6, 6.07) is 7.12. The molecule has 0 unspecified atom stereocenters. The van der Waals surface area contributed by atoms with Crippen molar-refractivity contribution in [1.29, 1.82) is 5.26 Å². The van der Waals surface area contributed by atoms with Gasteiger partial charge in [0.25, 0.3) is 0 Å². The second-order valence-corrected chi connectivity index (χ2v) is 6.53. The van der Waals surface area contributed by atoms with Crippen LogP contribution in [0, 0.1) is 11.3 Å². The van der Waals surface area contributed by atoms with Crippen LogP contribution in [-0.4, -0.2) is 60.1 Å². The van der Waals surface area contributed by atoms with Gasteiger partial charge >= 0.3 is 0 Å². The molecule has 2 aliphatic heterocycles. The minimum absolute atomic E-state index is 0.503. The average molecular weight is 299 g/mol. The first-order valence-electron chi connectivity index (χ1n) is 8.30. The van der Waals surface area contributed by atoms with E-state index in [9.17, 15) is 0 Å². The lowest BCUT2D eigenvalue weighted by Crippen LogP contribution is -2.48. The molecule has 3 heterocycles. The highest BCUT2D eigenvalue weighted by Crippen LogP contribution is 2.22. The number of hydrogen-bond acceptors (Lipinski definition) is 5. The molecule has 3 rings (SSSR count). The highest BCUT2D eigenvalue weighted by Gasteiger charge is 2.27. The molecule has 0 bridgehead atoms. The van der Waals surface area contributed by atoms with E-state index in [4.69, 9.17) is 5.26 Å². The molecule has 5 heteroatoms. The van der Waals surface area contributed by atoms with Crippen molar-refractivity contribution in [2.45, 2.75) is 37.8 Å². The molecule has 0 amide bonds. The molecule has 22 heavy (non-hydrogen) atoms. The van der Waals surface area contributed by atoms with Crippen LogP contribution in [0.1, 0.15) is 31.2 Å². The van der Waals surface area contributed by atoms with Gasteiger partial charge in [-0.05, 0) is 58.0 Å². The number of nitrogens with one attached hydrogen (secondary N) is 1. The van der Waals surface area contributed by atoms with E-state index in [1.54, 1.807) is 6.20 Å². The van der Waals surface area contributed by atoms with Crippen molar-refractivity contribution in [2.24, 2.45) is 0 Å². The summed E-state index contributed by atoms with van der Waals surface area (Å²) in [5.74, 6) is 0.886. The summed E-state index contributed by atoms with van der Waals surface area (Å²) in [7, 11) is 2.22. The summed E-state index contributed by atoms with van der Waals surface area (Å²) < 4.78 is 0. The zero-order valence-electron chi connectivity index (χ0n) is 13.3. The van der Waals surface area contributed by atoms with Crippen molar-refractivity contribution in [2.75, 3.05) is 38.5 Å². The number of hydrogen-bond donors (Lipinski definition) is 1. The lowest BCUT2D eigenvalue weighted by molar-refractivity contribution is 0.0993. The Morgan fingerprint density at radius 3 is 2.45 bits per heavy atom. The van der Waals surface area contributed by atoms with Crippen molar-refractivity contribution in [3.63, 3.8) is 0 Å². The predicted molar refractivity (Wildman–Crippen MR) is 87.7 cm³/mol. The Morgan fingerprint density at radius 2 is 1.86 bits per heavy atom. The predicted octanol–water partition coefficient (Wildman–Crippen LogP) is 1.92. The molecule has 0 saturated carbocycles. The molecule has 0 radical (unpaired) electrons. The Hall–Kier alpha value is -1.64. The molecule has 0 aliphatic carbocycles. The number of pyridine rings is 1. The van der Waals surface area contributed by atoms with Gasteiger partial charge in [0.05, 0.1) is 5.56 Å². The Balaban J connectivity index is 1.46. The summed E-state index contributed by atoms with van der Waals surface area (Å²) in [6.07, 6.45) is 6.61. The number of nitriles is 1. The molecule has 2 aliphatic rings. The number of piperidine rings is 2. The maximum Gasteiger partial charge on any atom is 0.126 e. The summed E-state index contributed by atoms with van der Waals surface area (Å²) in [5, 5.41) is 12.3. The van der Waals surface area contributed by atoms with Crippen LogP contribution >= 0.6 is 0 Å². The Morgan fingerprint density at radius 1 is 1.14 bits per heavy atom. The molecule has 0 spiro atoms. The Bertz CT molecular complexity index is 505. The second-order valence-electron chi connectivity index (χ2n) is 6.53. The van der Waals surface area contributed by atoms with Gasteiger partial charge in [-0.3, -0.25) is 0 Å². The van der Waals surface area contributed by atoms with Gasteiger partial charge in [-0.25, -0.2) is 4.98 Å². The zero-order valence-corrected chi connectivity index (χ0v) is 13.3. The smallest absolute Gasteiger partial charge is 0.126 e. The van der Waals surface area contributed by atoms with Crippen LogP contribution in [0.4, 0.5) is 5.82 Å². The highest BCUT2D eigenvalue weighted by molar-refractivity contribution is 5.39. The van der Waals surface area contributed by atoms with E-state index in [2.05, 4.69) is 33.2 Å². The van der Waals surface area contributed by atoms with Gasteiger partial charge in [-0.15, -0.1) is 0 Å². The van der Waals surface area contributed by atoms with Gasteiger partial charge in [-0.2, -0.15) is 5.26 Å². The molecular weight excluding hydrogens is 274 g/mol. The van der Waals surface area contributed by atoms with Crippen molar-refractivity contribution in [3.05, 3.63) is 23.9 Å². The van der Waals surface area contributed by atoms with E-state index in [1.807, 2.05) is 12.1 Å². The molecule has 2 saturated heterocycles. The Labute approximate surface area is 132 Å². The minimum atomic E-state index is 0.503. The van der Waals surface area contributed by atoms with E-state index >= 15 is 0 Å². The molecule has 0 aromatic carbocycles. The summed E-state index contributed by atoms with van der Waals surface area (Å²) >= 11 is 0. The van der Waals surface area contributed by atoms with E-state index < -0.39 is 0 Å². The third kappa shape index (κ3) is 3.76. The number of rotatable bonds is 3. The molecule has 1 N–H and O–H groups in total. The average Bonchev–Trinajstić information content (AvgIpc) is 2.57. The molecule has 5 nitrogen and oxygen atoms in total. The molecule has 1 aromatic rings. The number of nitrogens with zero attached hydrogens (tertiary/aromatic N) is 4. The van der Waals surface area contributed by atoms with E-state index in [1.165, 1.54) is 51.9 Å². The van der Waals surface area contributed by atoms with E-state index in [-0.39, 0.29) is 0 Å². The summed E-state index contributed by atoms with van der Waals surface area (Å²) in [4.78, 5) is 9.42. The third-order valence-electron chi connectivity index (χ3n) is 4.98. The normalized spacial score (nSPS) is 22.4. The van der Waals surface area contributed by atoms with E-state index in [0.29, 0.717) is 11.6 Å². The Kier molecular flexibility index (Phi) is 4.91. The first-order valence-corrected chi connectivity index (χ1v) is 8.30. The van der Waals surface area contributed by atoms with Crippen molar-refractivity contribution < 1.29 is 0 Å². The minimum Gasteiger partial charge on any atom is -0.367 e. The number of likely N-dealkylation sites (tertiary alicyclic amines) is 2. The molecule has 1 aromatic heterocycles. The van der Waals surface area contributed by atoms with Gasteiger partial charge in [0, 0.05) is 31.4 Å². The van der Waals surface area contributed by atoms with Crippen LogP contribution in [0.25, 0.3) is 0 Å². The van der Waals surface area contributed by atoms with Crippen molar-refractivity contribution in [3.8, 4) is 6.07 Å². The SMILES string of the molecule is CN1CCC(N2CCC(Nc3ccc(C#N)cn3)CC2)CC1. The van der Waals surface area contributed by atoms with Crippen LogP contribution in [0.5, 0.6) is 0 Å². The summed E-state index contributed by atoms with van der Waals surface area (Å²) in [6.45, 7) is 4.83. The second kappa shape index (κ2) is 7.08. The fourth-order valence-corrected chi connectivity index (χ4v) is 3.52. The van der Waals surface area contributed by atoms with Crippen LogP contribution in [0.15, 0.2) is 18.3 Å². The first-order chi connectivity index (χ1) is 10.7. The lowest BCUT2D eigenvalue weighted by atomic mass is 9.98. The zero-order chi connectivity index (χ0) is 15.4. The van der Waals surface area contributed by atoms with Gasteiger partial charge in [-0.1, -0.05) is 0 Å². The monoisotopic (exact) mass is 299 g/mol. The fraction of sp³-hybridized carbons (Fsp3) is 0.647.